The van der Waals surface area contributed by atoms with Crippen molar-refractivity contribution in [3.8, 4) is 0 Å². The number of allylic oxidation sites excluding steroid dienone is 1. The number of aryl methyl sites for hydroxylation is 1. The van der Waals surface area contributed by atoms with Crippen LogP contribution >= 0.6 is 0 Å². The molecule has 68 valence electrons. The highest BCUT2D eigenvalue weighted by atomic mass is 14.4. The zero-order valence-electron chi connectivity index (χ0n) is 8.44. The van der Waals surface area contributed by atoms with E-state index in [2.05, 4.69) is 19.6 Å². The van der Waals surface area contributed by atoms with Crippen molar-refractivity contribution in [3.63, 3.8) is 0 Å². The maximum Gasteiger partial charge on any atom is 0.0638 e. The minimum atomic E-state index is 0.543. The minimum absolute atomic E-state index is 0.543. The second kappa shape index (κ2) is 3.56. The molecule has 0 saturated carbocycles. The van der Waals surface area contributed by atoms with E-state index in [1.165, 1.54) is 11.1 Å². The maximum absolute atomic E-state index is 7.82. The van der Waals surface area contributed by atoms with Crippen LogP contribution in [-0.2, 0) is 0 Å². The van der Waals surface area contributed by atoms with Crippen LogP contribution in [0, 0.1) is 19.3 Å². The Bertz CT molecular complexity index is 361. The van der Waals surface area contributed by atoms with Gasteiger partial charge >= 0.3 is 0 Å². The molecule has 13 heavy (non-hydrogen) atoms. The third-order valence-corrected chi connectivity index (χ3v) is 2.30. The largest absolute Gasteiger partial charge is 0.300 e. The Balaban J connectivity index is 3.23. The van der Waals surface area contributed by atoms with Crippen molar-refractivity contribution in [2.75, 3.05) is 0 Å². The van der Waals surface area contributed by atoms with Gasteiger partial charge in [0.25, 0.3) is 0 Å². The molecule has 0 amide bonds. The third kappa shape index (κ3) is 1.86. The highest BCUT2D eigenvalue weighted by molar-refractivity contribution is 6.10. The summed E-state index contributed by atoms with van der Waals surface area (Å²) in [7, 11) is 0. The topological polar surface area (TPSA) is 23.9 Å². The molecule has 0 aliphatic heterocycles. The van der Waals surface area contributed by atoms with E-state index in [9.17, 15) is 0 Å². The average molecular weight is 173 g/mol. The van der Waals surface area contributed by atoms with Crippen LogP contribution in [0.2, 0.25) is 0 Å². The lowest BCUT2D eigenvalue weighted by Gasteiger charge is -2.09. The molecular formula is C12H15N. The average Bonchev–Trinajstić information content (AvgIpc) is 2.08. The molecule has 1 aromatic carbocycles. The molecule has 0 bridgehead atoms. The first-order chi connectivity index (χ1) is 6.04. The Kier molecular flexibility index (Phi) is 2.66. The molecular weight excluding hydrogens is 158 g/mol. The summed E-state index contributed by atoms with van der Waals surface area (Å²) in [6, 6.07) is 6.01. The zero-order valence-corrected chi connectivity index (χ0v) is 8.44. The summed E-state index contributed by atoms with van der Waals surface area (Å²) >= 11 is 0. The molecule has 0 aliphatic rings. The van der Waals surface area contributed by atoms with E-state index < -0.39 is 0 Å². The van der Waals surface area contributed by atoms with Crippen molar-refractivity contribution in [1.29, 1.82) is 5.41 Å². The second-order valence-electron chi connectivity index (χ2n) is 3.40. The minimum Gasteiger partial charge on any atom is -0.300 e. The zero-order chi connectivity index (χ0) is 10.0. The Morgan fingerprint density at radius 3 is 2.46 bits per heavy atom. The summed E-state index contributed by atoms with van der Waals surface area (Å²) in [6.07, 6.45) is 0. The molecule has 0 unspecified atom stereocenters. The molecule has 0 heterocycles. The van der Waals surface area contributed by atoms with Gasteiger partial charge in [-0.15, -0.1) is 0 Å². The quantitative estimate of drug-likeness (QED) is 0.664. The van der Waals surface area contributed by atoms with Crippen LogP contribution in [0.3, 0.4) is 0 Å². The van der Waals surface area contributed by atoms with Gasteiger partial charge in [0, 0.05) is 5.56 Å². The van der Waals surface area contributed by atoms with E-state index in [1.54, 1.807) is 0 Å². The summed E-state index contributed by atoms with van der Waals surface area (Å²) in [5.41, 5.74) is 4.75. The van der Waals surface area contributed by atoms with Gasteiger partial charge in [0.05, 0.1) is 5.71 Å². The lowest BCUT2D eigenvalue weighted by molar-refractivity contribution is 1.30. The first-order valence-electron chi connectivity index (χ1n) is 4.35. The molecule has 1 rings (SSSR count). The highest BCUT2D eigenvalue weighted by Crippen LogP contribution is 2.15. The highest BCUT2D eigenvalue weighted by Gasteiger charge is 2.06. The Morgan fingerprint density at radius 2 is 1.92 bits per heavy atom. The van der Waals surface area contributed by atoms with Crippen molar-refractivity contribution in [3.05, 3.63) is 47.0 Å². The first-order valence-corrected chi connectivity index (χ1v) is 4.35. The van der Waals surface area contributed by atoms with Gasteiger partial charge in [-0.05, 0) is 37.5 Å². The molecule has 0 saturated heterocycles. The molecule has 0 fully saturated rings. The molecule has 1 nitrogen and oxygen atoms in total. The second-order valence-corrected chi connectivity index (χ2v) is 3.40. The number of hydrogen-bond acceptors (Lipinski definition) is 1. The molecule has 1 N–H and O–H groups in total. The van der Waals surface area contributed by atoms with Crippen LogP contribution in [0.15, 0.2) is 30.4 Å². The fraction of sp³-hybridized carbons (Fsp3) is 0.250. The van der Waals surface area contributed by atoms with Crippen LogP contribution < -0.4 is 0 Å². The van der Waals surface area contributed by atoms with E-state index >= 15 is 0 Å². The van der Waals surface area contributed by atoms with E-state index in [0.717, 1.165) is 11.1 Å². The van der Waals surface area contributed by atoms with Gasteiger partial charge in [0.2, 0.25) is 0 Å². The fourth-order valence-electron chi connectivity index (χ4n) is 1.25. The van der Waals surface area contributed by atoms with Gasteiger partial charge in [0.1, 0.15) is 0 Å². The van der Waals surface area contributed by atoms with E-state index in [4.69, 9.17) is 5.41 Å². The van der Waals surface area contributed by atoms with Crippen molar-refractivity contribution in [1.82, 2.24) is 0 Å². The molecule has 0 radical (unpaired) electrons. The van der Waals surface area contributed by atoms with Gasteiger partial charge < -0.3 is 5.41 Å². The summed E-state index contributed by atoms with van der Waals surface area (Å²) < 4.78 is 0. The van der Waals surface area contributed by atoms with E-state index in [-0.39, 0.29) is 0 Å². The van der Waals surface area contributed by atoms with Gasteiger partial charge in [0.15, 0.2) is 0 Å². The third-order valence-electron chi connectivity index (χ3n) is 2.30. The van der Waals surface area contributed by atoms with Crippen LogP contribution in [0.4, 0.5) is 0 Å². The monoisotopic (exact) mass is 173 g/mol. The summed E-state index contributed by atoms with van der Waals surface area (Å²) in [4.78, 5) is 0. The predicted octanol–water partition coefficient (Wildman–Crippen LogP) is 3.25. The normalized spacial score (nSPS) is 9.77. The van der Waals surface area contributed by atoms with Crippen LogP contribution in [0.5, 0.6) is 0 Å². The molecule has 0 aliphatic carbocycles. The fourth-order valence-corrected chi connectivity index (χ4v) is 1.25. The first kappa shape index (κ1) is 9.72. The van der Waals surface area contributed by atoms with Gasteiger partial charge in [-0.3, -0.25) is 0 Å². The van der Waals surface area contributed by atoms with Crippen LogP contribution in [0.1, 0.15) is 23.6 Å². The lowest BCUT2D eigenvalue weighted by atomic mass is 9.97. The van der Waals surface area contributed by atoms with Crippen LogP contribution in [0.25, 0.3) is 0 Å². The molecule has 0 atom stereocenters. The maximum atomic E-state index is 7.82. The standard InChI is InChI=1S/C12H15N/c1-8(2)12(13)11-7-5-6-9(3)10(11)4/h5-7,13H,1H2,2-4H3. The Morgan fingerprint density at radius 1 is 1.31 bits per heavy atom. The summed E-state index contributed by atoms with van der Waals surface area (Å²) in [6.45, 7) is 9.75. The molecule has 0 spiro atoms. The van der Waals surface area contributed by atoms with Gasteiger partial charge in [-0.1, -0.05) is 24.8 Å². The predicted molar refractivity (Wildman–Crippen MR) is 57.6 cm³/mol. The number of hydrogen-bond donors (Lipinski definition) is 1. The van der Waals surface area contributed by atoms with E-state index in [0.29, 0.717) is 5.71 Å². The van der Waals surface area contributed by atoms with E-state index in [1.807, 2.05) is 26.0 Å². The van der Waals surface area contributed by atoms with Gasteiger partial charge in [-0.2, -0.15) is 0 Å². The van der Waals surface area contributed by atoms with Gasteiger partial charge in [-0.25, -0.2) is 0 Å². The van der Waals surface area contributed by atoms with Crippen molar-refractivity contribution < 1.29 is 0 Å². The number of benzene rings is 1. The molecule has 1 aromatic rings. The molecule has 0 aromatic heterocycles. The van der Waals surface area contributed by atoms with Crippen molar-refractivity contribution >= 4 is 5.71 Å². The lowest BCUT2D eigenvalue weighted by Crippen LogP contribution is -2.03. The SMILES string of the molecule is C=C(C)C(=N)c1cccc(C)c1C. The summed E-state index contributed by atoms with van der Waals surface area (Å²) in [5, 5.41) is 7.82. The van der Waals surface area contributed by atoms with Crippen molar-refractivity contribution in [2.45, 2.75) is 20.8 Å². The smallest absolute Gasteiger partial charge is 0.0638 e. The molecule has 1 heteroatoms. The number of nitrogens with one attached hydrogen (secondary N) is 1. The van der Waals surface area contributed by atoms with Crippen molar-refractivity contribution in [2.24, 2.45) is 0 Å². The summed E-state index contributed by atoms with van der Waals surface area (Å²) in [5.74, 6) is 0. The Hall–Kier alpha value is -1.37. The number of rotatable bonds is 2. The van der Waals surface area contributed by atoms with Crippen LogP contribution in [-0.4, -0.2) is 5.71 Å². The Labute approximate surface area is 79.6 Å².